The van der Waals surface area contributed by atoms with E-state index in [2.05, 4.69) is 4.98 Å². The van der Waals surface area contributed by atoms with Gasteiger partial charge in [-0.2, -0.15) is 0 Å². The number of benzene rings is 2. The molecule has 0 atom stereocenters. The standard InChI is InChI=1S/C14H10N2O3/c17-11-8-4-7-10-12(11)13(18)16(14(19)15-10)9-5-2-1-3-6-9/h1-8,17H,(H,15,19). The molecule has 2 N–H and O–H groups in total. The zero-order chi connectivity index (χ0) is 13.4. The number of rotatable bonds is 1. The highest BCUT2D eigenvalue weighted by Gasteiger charge is 2.11. The van der Waals surface area contributed by atoms with Crippen LogP contribution in [-0.2, 0) is 0 Å². The molecule has 2 aromatic carbocycles. The fraction of sp³-hybridized carbons (Fsp3) is 0. The highest BCUT2D eigenvalue weighted by molar-refractivity contribution is 5.83. The Labute approximate surface area is 107 Å². The average Bonchev–Trinajstić information content (AvgIpc) is 2.39. The van der Waals surface area contributed by atoms with Crippen molar-refractivity contribution >= 4 is 10.9 Å². The molecule has 3 rings (SSSR count). The average molecular weight is 254 g/mol. The Bertz CT molecular complexity index is 863. The Hall–Kier alpha value is -2.82. The molecule has 0 spiro atoms. The highest BCUT2D eigenvalue weighted by atomic mass is 16.3. The SMILES string of the molecule is O=c1[nH]c2cccc(O)c2c(=O)n1-c1ccccc1. The number of aromatic hydroxyl groups is 1. The maximum Gasteiger partial charge on any atom is 0.333 e. The van der Waals surface area contributed by atoms with E-state index < -0.39 is 11.2 Å². The minimum Gasteiger partial charge on any atom is -0.507 e. The summed E-state index contributed by atoms with van der Waals surface area (Å²) in [4.78, 5) is 26.9. The maximum absolute atomic E-state index is 12.4. The second kappa shape index (κ2) is 4.13. The molecule has 0 radical (unpaired) electrons. The first-order valence-corrected chi connectivity index (χ1v) is 5.71. The molecule has 0 aliphatic carbocycles. The van der Waals surface area contributed by atoms with Crippen LogP contribution < -0.4 is 11.2 Å². The lowest BCUT2D eigenvalue weighted by Gasteiger charge is -2.06. The first-order valence-electron chi connectivity index (χ1n) is 5.71. The van der Waals surface area contributed by atoms with Gasteiger partial charge < -0.3 is 10.1 Å². The number of aromatic nitrogens is 2. The molecular formula is C14H10N2O3. The van der Waals surface area contributed by atoms with Crippen LogP contribution in [0.15, 0.2) is 58.1 Å². The first-order chi connectivity index (χ1) is 9.18. The van der Waals surface area contributed by atoms with Crippen molar-refractivity contribution in [2.75, 3.05) is 0 Å². The summed E-state index contributed by atoms with van der Waals surface area (Å²) in [6, 6.07) is 13.1. The van der Waals surface area contributed by atoms with Gasteiger partial charge in [-0.3, -0.25) is 4.79 Å². The molecule has 0 amide bonds. The van der Waals surface area contributed by atoms with Gasteiger partial charge in [-0.1, -0.05) is 24.3 Å². The number of phenols is 1. The Balaban J connectivity index is 2.49. The van der Waals surface area contributed by atoms with Crippen molar-refractivity contribution in [1.82, 2.24) is 9.55 Å². The van der Waals surface area contributed by atoms with E-state index in [4.69, 9.17) is 0 Å². The first kappa shape index (κ1) is 11.3. The monoisotopic (exact) mass is 254 g/mol. The van der Waals surface area contributed by atoms with Gasteiger partial charge in [0.15, 0.2) is 0 Å². The fourth-order valence-corrected chi connectivity index (χ4v) is 2.06. The Kier molecular flexibility index (Phi) is 2.45. The molecule has 0 bridgehead atoms. The number of aromatic amines is 1. The number of phenolic OH excluding ortho intramolecular Hbond substituents is 1. The van der Waals surface area contributed by atoms with Crippen LogP contribution in [0.25, 0.3) is 16.6 Å². The van der Waals surface area contributed by atoms with Crippen LogP contribution in [0.3, 0.4) is 0 Å². The third-order valence-electron chi connectivity index (χ3n) is 2.92. The predicted molar refractivity (Wildman–Crippen MR) is 71.8 cm³/mol. The summed E-state index contributed by atoms with van der Waals surface area (Å²) in [6.07, 6.45) is 0. The van der Waals surface area contributed by atoms with Crippen molar-refractivity contribution in [1.29, 1.82) is 0 Å². The third-order valence-corrected chi connectivity index (χ3v) is 2.92. The number of nitrogens with one attached hydrogen (secondary N) is 1. The largest absolute Gasteiger partial charge is 0.507 e. The number of para-hydroxylation sites is 1. The second-order valence-electron chi connectivity index (χ2n) is 4.11. The molecule has 0 aliphatic heterocycles. The molecule has 0 saturated heterocycles. The Morgan fingerprint density at radius 2 is 1.68 bits per heavy atom. The Morgan fingerprint density at radius 3 is 2.42 bits per heavy atom. The highest BCUT2D eigenvalue weighted by Crippen LogP contribution is 2.18. The summed E-state index contributed by atoms with van der Waals surface area (Å²) in [5.41, 5.74) is -0.293. The number of H-pyrrole nitrogens is 1. The molecule has 0 saturated carbocycles. The summed E-state index contributed by atoms with van der Waals surface area (Å²) in [5, 5.41) is 9.88. The maximum atomic E-state index is 12.4. The van der Waals surface area contributed by atoms with Crippen molar-refractivity contribution in [3.8, 4) is 11.4 Å². The lowest BCUT2D eigenvalue weighted by Crippen LogP contribution is -2.33. The fourth-order valence-electron chi connectivity index (χ4n) is 2.06. The molecule has 0 aliphatic rings. The quantitative estimate of drug-likeness (QED) is 0.689. The van der Waals surface area contributed by atoms with E-state index in [0.29, 0.717) is 11.2 Å². The van der Waals surface area contributed by atoms with Crippen LogP contribution in [0.2, 0.25) is 0 Å². The van der Waals surface area contributed by atoms with Crippen molar-refractivity contribution in [2.24, 2.45) is 0 Å². The number of hydrogen-bond acceptors (Lipinski definition) is 3. The minimum atomic E-state index is -0.539. The molecule has 3 aromatic rings. The van der Waals surface area contributed by atoms with E-state index in [1.54, 1.807) is 42.5 Å². The van der Waals surface area contributed by atoms with Crippen LogP contribution in [0, 0.1) is 0 Å². The van der Waals surface area contributed by atoms with Crippen molar-refractivity contribution in [3.05, 3.63) is 69.4 Å². The third kappa shape index (κ3) is 1.72. The van der Waals surface area contributed by atoms with Gasteiger partial charge in [-0.15, -0.1) is 0 Å². The van der Waals surface area contributed by atoms with E-state index in [-0.39, 0.29) is 11.1 Å². The van der Waals surface area contributed by atoms with Crippen molar-refractivity contribution in [2.45, 2.75) is 0 Å². The van der Waals surface area contributed by atoms with Gasteiger partial charge in [-0.25, -0.2) is 9.36 Å². The van der Waals surface area contributed by atoms with Crippen LogP contribution >= 0.6 is 0 Å². The van der Waals surface area contributed by atoms with E-state index in [1.807, 2.05) is 0 Å². The topological polar surface area (TPSA) is 75.1 Å². The molecular weight excluding hydrogens is 244 g/mol. The molecule has 5 heteroatoms. The smallest absolute Gasteiger partial charge is 0.333 e. The molecule has 0 fully saturated rings. The molecule has 5 nitrogen and oxygen atoms in total. The van der Waals surface area contributed by atoms with E-state index >= 15 is 0 Å². The van der Waals surface area contributed by atoms with Gasteiger partial charge in [0, 0.05) is 0 Å². The van der Waals surface area contributed by atoms with Crippen molar-refractivity contribution < 1.29 is 5.11 Å². The summed E-state index contributed by atoms with van der Waals surface area (Å²) in [6.45, 7) is 0. The summed E-state index contributed by atoms with van der Waals surface area (Å²) < 4.78 is 1.00. The summed E-state index contributed by atoms with van der Waals surface area (Å²) in [7, 11) is 0. The molecule has 94 valence electrons. The van der Waals surface area contributed by atoms with Gasteiger partial charge in [0.25, 0.3) is 5.56 Å². The zero-order valence-corrected chi connectivity index (χ0v) is 9.83. The lowest BCUT2D eigenvalue weighted by atomic mass is 10.2. The van der Waals surface area contributed by atoms with E-state index in [1.165, 1.54) is 6.07 Å². The molecule has 0 unspecified atom stereocenters. The van der Waals surface area contributed by atoms with E-state index in [0.717, 1.165) is 4.57 Å². The van der Waals surface area contributed by atoms with Crippen LogP contribution in [-0.4, -0.2) is 14.7 Å². The van der Waals surface area contributed by atoms with Gasteiger partial charge in [-0.05, 0) is 24.3 Å². The lowest BCUT2D eigenvalue weighted by molar-refractivity contribution is 0.481. The van der Waals surface area contributed by atoms with Crippen LogP contribution in [0.4, 0.5) is 0 Å². The van der Waals surface area contributed by atoms with Gasteiger partial charge in [0.05, 0.1) is 11.2 Å². The normalized spacial score (nSPS) is 10.7. The number of hydrogen-bond donors (Lipinski definition) is 2. The number of fused-ring (bicyclic) bond motifs is 1. The van der Waals surface area contributed by atoms with Gasteiger partial charge in [0.1, 0.15) is 11.1 Å². The molecule has 19 heavy (non-hydrogen) atoms. The van der Waals surface area contributed by atoms with E-state index in [9.17, 15) is 14.7 Å². The summed E-state index contributed by atoms with van der Waals surface area (Å²) in [5.74, 6) is -0.150. The van der Waals surface area contributed by atoms with Crippen LogP contribution in [0.5, 0.6) is 5.75 Å². The Morgan fingerprint density at radius 1 is 0.947 bits per heavy atom. The van der Waals surface area contributed by atoms with Crippen LogP contribution in [0.1, 0.15) is 0 Å². The molecule has 1 aromatic heterocycles. The number of nitrogens with zero attached hydrogens (tertiary/aromatic N) is 1. The summed E-state index contributed by atoms with van der Waals surface area (Å²) >= 11 is 0. The molecule has 1 heterocycles. The minimum absolute atomic E-state index is 0.103. The zero-order valence-electron chi connectivity index (χ0n) is 9.83. The predicted octanol–water partition coefficient (Wildman–Crippen LogP) is 1.38. The van der Waals surface area contributed by atoms with Crippen molar-refractivity contribution in [3.63, 3.8) is 0 Å². The van der Waals surface area contributed by atoms with Gasteiger partial charge in [0.2, 0.25) is 0 Å². The second-order valence-corrected chi connectivity index (χ2v) is 4.11. The van der Waals surface area contributed by atoms with Gasteiger partial charge >= 0.3 is 5.69 Å².